The minimum atomic E-state index is -0.523. The van der Waals surface area contributed by atoms with E-state index in [2.05, 4.69) is 24.0 Å². The molecule has 1 atom stereocenters. The smallest absolute Gasteiger partial charge is 0.246 e. The van der Waals surface area contributed by atoms with Crippen molar-refractivity contribution in [3.8, 4) is 0 Å². The zero-order valence-corrected chi connectivity index (χ0v) is 15.8. The minimum Gasteiger partial charge on any atom is -0.370 e. The highest BCUT2D eigenvalue weighted by atomic mass is 16.5. The van der Waals surface area contributed by atoms with Crippen molar-refractivity contribution in [2.45, 2.75) is 60.1 Å². The van der Waals surface area contributed by atoms with Crippen molar-refractivity contribution in [3.05, 3.63) is 11.7 Å². The molecule has 0 aromatic carbocycles. The van der Waals surface area contributed by atoms with E-state index >= 15 is 0 Å². The molecular weight excluding hydrogens is 308 g/mol. The van der Waals surface area contributed by atoms with Crippen molar-refractivity contribution < 1.29 is 14.1 Å². The number of hydrogen-bond donors (Lipinski definition) is 1. The lowest BCUT2D eigenvalue weighted by molar-refractivity contribution is -0.141. The fourth-order valence-corrected chi connectivity index (χ4v) is 2.52. The number of ether oxygens (including phenoxy) is 1. The first kappa shape index (κ1) is 20.6. The van der Waals surface area contributed by atoms with Gasteiger partial charge in [0.15, 0.2) is 5.82 Å². The number of amides is 1. The van der Waals surface area contributed by atoms with Crippen LogP contribution >= 0.6 is 0 Å². The fourth-order valence-electron chi connectivity index (χ4n) is 2.52. The van der Waals surface area contributed by atoms with E-state index in [0.29, 0.717) is 43.6 Å². The maximum Gasteiger partial charge on any atom is 0.246 e. The van der Waals surface area contributed by atoms with E-state index < -0.39 is 5.41 Å². The Labute approximate surface area is 144 Å². The third-order valence-corrected chi connectivity index (χ3v) is 4.44. The normalized spacial score (nSPS) is 13.3. The van der Waals surface area contributed by atoms with Crippen LogP contribution < -0.4 is 5.73 Å². The molecule has 0 aliphatic carbocycles. The fraction of sp³-hybridized carbons (Fsp3) is 0.824. The van der Waals surface area contributed by atoms with Crippen molar-refractivity contribution >= 4 is 5.91 Å². The van der Waals surface area contributed by atoms with Gasteiger partial charge in [-0.1, -0.05) is 32.9 Å². The van der Waals surface area contributed by atoms with E-state index in [1.807, 2.05) is 20.8 Å². The Morgan fingerprint density at radius 1 is 1.33 bits per heavy atom. The molecular formula is C17H32N4O3. The summed E-state index contributed by atoms with van der Waals surface area (Å²) < 4.78 is 10.9. The summed E-state index contributed by atoms with van der Waals surface area (Å²) in [5.74, 6) is 1.36. The van der Waals surface area contributed by atoms with Crippen LogP contribution in [0, 0.1) is 11.3 Å². The van der Waals surface area contributed by atoms with Crippen molar-refractivity contribution in [3.63, 3.8) is 0 Å². The highest BCUT2D eigenvalue weighted by Crippen LogP contribution is 2.28. The Kier molecular flexibility index (Phi) is 7.83. The molecule has 0 bridgehead atoms. The molecule has 1 heterocycles. The van der Waals surface area contributed by atoms with Gasteiger partial charge in [0.25, 0.3) is 0 Å². The third-order valence-electron chi connectivity index (χ3n) is 4.44. The highest BCUT2D eigenvalue weighted by molar-refractivity contribution is 5.82. The van der Waals surface area contributed by atoms with Crippen molar-refractivity contribution in [1.29, 1.82) is 0 Å². The van der Waals surface area contributed by atoms with Gasteiger partial charge in [-0.15, -0.1) is 0 Å². The van der Waals surface area contributed by atoms with E-state index in [1.165, 1.54) is 0 Å². The second kappa shape index (κ2) is 9.13. The van der Waals surface area contributed by atoms with E-state index in [9.17, 15) is 4.79 Å². The van der Waals surface area contributed by atoms with Gasteiger partial charge >= 0.3 is 0 Å². The van der Waals surface area contributed by atoms with Crippen LogP contribution in [0.2, 0.25) is 0 Å². The van der Waals surface area contributed by atoms with Gasteiger partial charge in [-0.2, -0.15) is 4.98 Å². The van der Waals surface area contributed by atoms with Crippen LogP contribution in [0.5, 0.6) is 0 Å². The molecule has 7 nitrogen and oxygen atoms in total. The Hall–Kier alpha value is -1.47. The van der Waals surface area contributed by atoms with E-state index in [1.54, 1.807) is 11.9 Å². The van der Waals surface area contributed by atoms with Crippen molar-refractivity contribution in [2.24, 2.45) is 17.1 Å². The lowest BCUT2D eigenvalue weighted by Crippen LogP contribution is -2.45. The molecule has 0 aliphatic heterocycles. The second-order valence-corrected chi connectivity index (χ2v) is 6.77. The molecule has 0 radical (unpaired) electrons. The Bertz CT molecular complexity index is 503. The highest BCUT2D eigenvalue weighted by Gasteiger charge is 2.36. The van der Waals surface area contributed by atoms with Gasteiger partial charge in [0.05, 0.1) is 12.0 Å². The van der Waals surface area contributed by atoms with Gasteiger partial charge in [0.1, 0.15) is 6.10 Å². The van der Waals surface area contributed by atoms with Gasteiger partial charge in [0.2, 0.25) is 11.8 Å². The maximum absolute atomic E-state index is 12.7. The summed E-state index contributed by atoms with van der Waals surface area (Å²) in [7, 11) is 1.74. The van der Waals surface area contributed by atoms with Gasteiger partial charge < -0.3 is 19.9 Å². The first-order chi connectivity index (χ1) is 11.3. The largest absolute Gasteiger partial charge is 0.370 e. The first-order valence-electron chi connectivity index (χ1n) is 8.69. The van der Waals surface area contributed by atoms with Gasteiger partial charge in [-0.3, -0.25) is 4.79 Å². The maximum atomic E-state index is 12.7. The molecule has 2 N–H and O–H groups in total. The predicted molar refractivity (Wildman–Crippen MR) is 92.0 cm³/mol. The van der Waals surface area contributed by atoms with Gasteiger partial charge in [0, 0.05) is 20.2 Å². The summed E-state index contributed by atoms with van der Waals surface area (Å²) in [5.41, 5.74) is 5.32. The van der Waals surface area contributed by atoms with E-state index in [0.717, 1.165) is 0 Å². The molecule has 0 fully saturated rings. The molecule has 0 aliphatic rings. The monoisotopic (exact) mass is 340 g/mol. The molecule has 0 spiro atoms. The molecule has 1 aromatic rings. The lowest BCUT2D eigenvalue weighted by Gasteiger charge is -2.32. The number of nitrogens with zero attached hydrogens (tertiary/aromatic N) is 3. The van der Waals surface area contributed by atoms with Gasteiger partial charge in [-0.05, 0) is 25.7 Å². The van der Waals surface area contributed by atoms with Crippen LogP contribution in [0.4, 0.5) is 0 Å². The number of carbonyl (C=O) groups excluding carboxylic acids is 1. The second-order valence-electron chi connectivity index (χ2n) is 6.77. The van der Waals surface area contributed by atoms with Crippen molar-refractivity contribution in [2.75, 3.05) is 20.2 Å². The Balaban J connectivity index is 2.71. The Morgan fingerprint density at radius 3 is 2.46 bits per heavy atom. The molecule has 1 unspecified atom stereocenters. The predicted octanol–water partition coefficient (Wildman–Crippen LogP) is 2.53. The summed E-state index contributed by atoms with van der Waals surface area (Å²) in [4.78, 5) is 18.7. The summed E-state index contributed by atoms with van der Waals surface area (Å²) in [6, 6.07) is 0. The van der Waals surface area contributed by atoms with Crippen molar-refractivity contribution in [1.82, 2.24) is 15.0 Å². The summed E-state index contributed by atoms with van der Waals surface area (Å²) >= 11 is 0. The number of nitrogens with two attached hydrogens (primary N) is 1. The van der Waals surface area contributed by atoms with Crippen LogP contribution in [0.15, 0.2) is 4.52 Å². The standard InChI is InChI=1S/C17H32N4O3/c1-7-17(8-2,11-18)16(22)21(6)9-14-19-15(20-24-14)13(5)23-10-12(3)4/h12-13H,7-11,18H2,1-6H3. The third kappa shape index (κ3) is 5.01. The lowest BCUT2D eigenvalue weighted by atomic mass is 9.81. The SMILES string of the molecule is CCC(CC)(CN)C(=O)N(C)Cc1nc(C(C)OCC(C)C)no1. The molecule has 1 amide bonds. The molecule has 24 heavy (non-hydrogen) atoms. The average Bonchev–Trinajstić information content (AvgIpc) is 3.03. The summed E-state index contributed by atoms with van der Waals surface area (Å²) in [6.45, 7) is 11.3. The molecule has 0 saturated heterocycles. The summed E-state index contributed by atoms with van der Waals surface area (Å²) in [6.07, 6.45) is 1.18. The van der Waals surface area contributed by atoms with E-state index in [4.69, 9.17) is 15.0 Å². The first-order valence-corrected chi connectivity index (χ1v) is 8.69. The zero-order valence-electron chi connectivity index (χ0n) is 15.8. The molecule has 0 saturated carbocycles. The van der Waals surface area contributed by atoms with E-state index in [-0.39, 0.29) is 18.6 Å². The van der Waals surface area contributed by atoms with Gasteiger partial charge in [-0.25, -0.2) is 0 Å². The molecule has 1 rings (SSSR count). The number of rotatable bonds is 10. The average molecular weight is 340 g/mol. The zero-order chi connectivity index (χ0) is 18.3. The molecule has 1 aromatic heterocycles. The Morgan fingerprint density at radius 2 is 1.96 bits per heavy atom. The van der Waals surface area contributed by atoms with Crippen LogP contribution in [0.25, 0.3) is 0 Å². The van der Waals surface area contributed by atoms with Crippen LogP contribution in [-0.4, -0.2) is 41.1 Å². The molecule has 138 valence electrons. The van der Waals surface area contributed by atoms with Crippen LogP contribution in [0.3, 0.4) is 0 Å². The van der Waals surface area contributed by atoms with Crippen LogP contribution in [0.1, 0.15) is 65.3 Å². The summed E-state index contributed by atoms with van der Waals surface area (Å²) in [5, 5.41) is 3.96. The van der Waals surface area contributed by atoms with Crippen LogP contribution in [-0.2, 0) is 16.1 Å². The number of carbonyl (C=O) groups is 1. The number of hydrogen-bond acceptors (Lipinski definition) is 6. The molecule has 7 heteroatoms. The quantitative estimate of drug-likeness (QED) is 0.703. The number of aromatic nitrogens is 2. The minimum absolute atomic E-state index is 0.0128. The topological polar surface area (TPSA) is 94.5 Å².